The van der Waals surface area contributed by atoms with Crippen LogP contribution in [0, 0.1) is 0 Å². The van der Waals surface area contributed by atoms with E-state index in [-0.39, 0.29) is 109 Å². The van der Waals surface area contributed by atoms with E-state index < -0.39 is 52.5 Å². The Morgan fingerprint density at radius 1 is 0.737 bits per heavy atom. The Bertz CT molecular complexity index is 1610. The Kier molecular flexibility index (Phi) is 12.8. The molecule has 0 saturated carbocycles. The van der Waals surface area contributed by atoms with Gasteiger partial charge in [0, 0.05) is 59.1 Å². The molecule has 189 valence electrons. The molecule has 2 aromatic heterocycles. The second kappa shape index (κ2) is 13.9. The van der Waals surface area contributed by atoms with E-state index in [4.69, 9.17) is 6.03 Å². The minimum atomic E-state index is -4.68. The Morgan fingerprint density at radius 2 is 1.11 bits per heavy atom. The third-order valence-electron chi connectivity index (χ3n) is 4.74. The number of hydrogen-bond acceptors (Lipinski definition) is 10. The molecule has 0 aliphatic carbocycles. The summed E-state index contributed by atoms with van der Waals surface area (Å²) in [5.41, 5.74) is -0.486. The Morgan fingerprint density at radius 3 is 1.42 bits per heavy atom. The molecule has 18 heteroatoms. The van der Waals surface area contributed by atoms with Gasteiger partial charge >= 0.3 is 210 Å². The van der Waals surface area contributed by atoms with Gasteiger partial charge in [-0.1, -0.05) is 0 Å². The number of hydrogen-bond donors (Lipinski definition) is 2. The van der Waals surface area contributed by atoms with Crippen LogP contribution in [-0.2, 0) is 20.2 Å². The molecule has 0 bridgehead atoms. The van der Waals surface area contributed by atoms with E-state index >= 15 is 0 Å². The van der Waals surface area contributed by atoms with Crippen LogP contribution in [0.5, 0.6) is 11.5 Å². The zero-order chi connectivity index (χ0) is 25.4. The van der Waals surface area contributed by atoms with Crippen molar-refractivity contribution in [3.05, 3.63) is 59.9 Å². The molecule has 0 aliphatic heterocycles. The average molecular weight is 690 g/mol. The molecule has 0 spiro atoms. The standard InChI is InChI=1S/2C10H7NO5S.2Na.H2O.Sb/c2*12-5-6-4-8(17(14,15)16)7-2-1-3-11-9(7)10(6)13;;;;/h2*1-5,13H,(H,14,15,16);;;1H2;/q;;;;;+2/p-2. The van der Waals surface area contributed by atoms with E-state index in [0.29, 0.717) is 12.6 Å². The molecule has 0 atom stereocenters. The van der Waals surface area contributed by atoms with Gasteiger partial charge in [-0.3, -0.25) is 0 Å². The maximum Gasteiger partial charge on any atom is 0 e. The van der Waals surface area contributed by atoms with E-state index in [1.807, 2.05) is 0 Å². The first-order valence-corrected chi connectivity index (χ1v) is 14.3. The molecule has 4 N–H and O–H groups in total. The fourth-order valence-corrected chi connectivity index (χ4v) is 6.36. The van der Waals surface area contributed by atoms with E-state index in [9.17, 15) is 35.5 Å². The molecule has 0 amide bonds. The quantitative estimate of drug-likeness (QED) is 0.145. The number of pyridine rings is 2. The van der Waals surface area contributed by atoms with Gasteiger partial charge in [-0.05, 0) is 0 Å². The van der Waals surface area contributed by atoms with Gasteiger partial charge in [-0.25, -0.2) is 0 Å². The predicted molar refractivity (Wildman–Crippen MR) is 136 cm³/mol. The van der Waals surface area contributed by atoms with Gasteiger partial charge in [0.2, 0.25) is 0 Å². The second-order valence-corrected chi connectivity index (χ2v) is 11.1. The van der Waals surface area contributed by atoms with E-state index in [1.54, 1.807) is 0 Å². The van der Waals surface area contributed by atoms with Crippen molar-refractivity contribution in [2.45, 2.75) is 9.79 Å². The molecule has 4 aromatic rings. The minimum Gasteiger partial charge on any atom is 0 e. The summed E-state index contributed by atoms with van der Waals surface area (Å²) >= 11 is -2.26. The zero-order valence-corrected chi connectivity index (χ0v) is 27.8. The fourth-order valence-electron chi connectivity index (χ4n) is 3.30. The summed E-state index contributed by atoms with van der Waals surface area (Å²) in [4.78, 5) is 30.3. The van der Waals surface area contributed by atoms with Crippen molar-refractivity contribution >= 4 is 136 Å². The smallest absolute Gasteiger partial charge is 0 e. The first kappa shape index (κ1) is 34.8. The van der Waals surface area contributed by atoms with Crippen LogP contribution in [-0.4, -0.2) is 136 Å². The van der Waals surface area contributed by atoms with E-state index in [1.165, 1.54) is 36.7 Å². The van der Waals surface area contributed by atoms with E-state index in [2.05, 4.69) is 9.97 Å². The third-order valence-corrected chi connectivity index (χ3v) is 8.00. The SMILES string of the molecule is O.O=Cc1cc(S(=O)(=O)O)c2cccnc2c1[O][Sb][O]c1c(C=O)cc(S(=O)(=O)O)c2cccnc12.[Na].[Na]. The number of carbonyl (C=O) groups excluding carboxylic acids is 2. The molecule has 0 aliphatic rings. The Hall–Kier alpha value is -1.20. The van der Waals surface area contributed by atoms with Gasteiger partial charge in [-0.2, -0.15) is 0 Å². The van der Waals surface area contributed by atoms with Gasteiger partial charge in [0.25, 0.3) is 0 Å². The van der Waals surface area contributed by atoms with E-state index in [0.717, 1.165) is 12.1 Å². The largest absolute Gasteiger partial charge is 0 e. The van der Waals surface area contributed by atoms with Crippen molar-refractivity contribution in [3.8, 4) is 11.5 Å². The third kappa shape index (κ3) is 7.10. The molecule has 0 fully saturated rings. The summed E-state index contributed by atoms with van der Waals surface area (Å²) in [5, 5.41) is 0.00875. The molecule has 2 heterocycles. The van der Waals surface area contributed by atoms with Crippen LogP contribution in [0.2, 0.25) is 0 Å². The number of benzene rings is 2. The summed E-state index contributed by atoms with van der Waals surface area (Å²) in [6.07, 6.45) is 3.31. The molecule has 0 saturated heterocycles. The summed E-state index contributed by atoms with van der Waals surface area (Å²) in [6.45, 7) is 0. The Balaban J connectivity index is 0.00000241. The maximum atomic E-state index is 11.8. The van der Waals surface area contributed by atoms with Crippen LogP contribution in [0.1, 0.15) is 20.7 Å². The van der Waals surface area contributed by atoms with Gasteiger partial charge in [0.05, 0.1) is 0 Å². The van der Waals surface area contributed by atoms with Crippen LogP contribution in [0.15, 0.2) is 58.6 Å². The maximum absolute atomic E-state index is 11.8. The summed E-state index contributed by atoms with van der Waals surface area (Å²) < 4.78 is 77.6. The number of carbonyl (C=O) groups is 2. The summed E-state index contributed by atoms with van der Waals surface area (Å²) in [6, 6.07) is 7.47. The predicted octanol–water partition coefficient (Wildman–Crippen LogP) is 0.307. The Labute approximate surface area is 271 Å². The van der Waals surface area contributed by atoms with Crippen molar-refractivity contribution in [2.75, 3.05) is 0 Å². The fraction of sp³-hybridized carbons (Fsp3) is 0. The molecule has 2 aromatic carbocycles. The number of nitrogens with zero attached hydrogens (tertiary/aromatic N) is 2. The molecular weight excluding hydrogens is 676 g/mol. The van der Waals surface area contributed by atoms with Crippen LogP contribution >= 0.6 is 0 Å². The average Bonchev–Trinajstić information content (AvgIpc) is 2.82. The van der Waals surface area contributed by atoms with Crippen molar-refractivity contribution < 1.29 is 47.0 Å². The van der Waals surface area contributed by atoms with Crippen LogP contribution in [0.4, 0.5) is 0 Å². The number of rotatable bonds is 8. The molecular formula is C20H14N2Na2O11S2Sb. The zero-order valence-electron chi connectivity index (χ0n) is 19.6. The summed E-state index contributed by atoms with van der Waals surface area (Å²) in [7, 11) is -9.36. The number of aromatic nitrogens is 2. The van der Waals surface area contributed by atoms with Crippen molar-refractivity contribution in [1.29, 1.82) is 0 Å². The van der Waals surface area contributed by atoms with Crippen LogP contribution < -0.4 is 6.03 Å². The topological polar surface area (TPSA) is 219 Å². The van der Waals surface area contributed by atoms with Gasteiger partial charge in [-0.15, -0.1) is 0 Å². The summed E-state index contributed by atoms with van der Waals surface area (Å²) in [5.74, 6) is -0.195. The first-order valence-electron chi connectivity index (χ1n) is 9.29. The van der Waals surface area contributed by atoms with Gasteiger partial charge in [0.15, 0.2) is 0 Å². The monoisotopic (exact) mass is 689 g/mol. The van der Waals surface area contributed by atoms with Gasteiger partial charge in [0.1, 0.15) is 0 Å². The normalized spacial score (nSPS) is 11.0. The number of fused-ring (bicyclic) bond motifs is 2. The first-order chi connectivity index (χ1) is 16.6. The van der Waals surface area contributed by atoms with Gasteiger partial charge < -0.3 is 5.48 Å². The molecule has 0 unspecified atom stereocenters. The van der Waals surface area contributed by atoms with Crippen LogP contribution in [0.25, 0.3) is 21.8 Å². The molecule has 38 heavy (non-hydrogen) atoms. The van der Waals surface area contributed by atoms with Crippen molar-refractivity contribution in [3.63, 3.8) is 0 Å². The van der Waals surface area contributed by atoms with Crippen molar-refractivity contribution in [1.82, 2.24) is 9.97 Å². The molecule has 13 nitrogen and oxygen atoms in total. The number of aldehydes is 2. The molecule has 4 rings (SSSR count). The molecule has 3 radical (unpaired) electrons. The van der Waals surface area contributed by atoms with Crippen molar-refractivity contribution in [2.24, 2.45) is 0 Å². The minimum absolute atomic E-state index is 0. The van der Waals surface area contributed by atoms with Crippen LogP contribution in [0.3, 0.4) is 0 Å². The second-order valence-electron chi connectivity index (χ2n) is 6.83.